The van der Waals surface area contributed by atoms with E-state index in [1.54, 1.807) is 25.1 Å². The number of hydrogen-bond donors (Lipinski definition) is 2. The Balaban J connectivity index is 1.98. The number of urea groups is 1. The molecule has 2 amide bonds. The van der Waals surface area contributed by atoms with Crippen molar-refractivity contribution in [2.24, 2.45) is 5.92 Å². The maximum absolute atomic E-state index is 13.9. The highest BCUT2D eigenvalue weighted by Gasteiger charge is 2.12. The lowest BCUT2D eigenvalue weighted by Gasteiger charge is -2.26. The van der Waals surface area contributed by atoms with E-state index in [4.69, 9.17) is 33.0 Å². The first-order valence-corrected chi connectivity index (χ1v) is 9.20. The molecule has 9 heteroatoms. The second-order valence-electron chi connectivity index (χ2n) is 5.77. The third-order valence-corrected chi connectivity index (χ3v) is 4.29. The van der Waals surface area contributed by atoms with E-state index in [1.165, 1.54) is 18.7 Å². The van der Waals surface area contributed by atoms with Crippen LogP contribution in [0.5, 0.6) is 0 Å². The summed E-state index contributed by atoms with van der Waals surface area (Å²) >= 11 is 12.0. The lowest BCUT2D eigenvalue weighted by atomic mass is 9.99. The molecule has 0 radical (unpaired) electrons. The number of benzene rings is 2. The van der Waals surface area contributed by atoms with Gasteiger partial charge in [0.2, 0.25) is 0 Å². The standard InChI is InChI=1S/C19H19Cl2F2N2O3/c1-2-27-28-11-12(8-13-6-7-14(22)9-17(13)23)10-24-19(26)25-18-15(20)4-3-5-16(18)21/h3-7,9,11-12H,2,8,10H2,1H3,(H2,24,25,26)/q-1. The van der Waals surface area contributed by atoms with E-state index in [0.717, 1.165) is 6.07 Å². The van der Waals surface area contributed by atoms with Crippen molar-refractivity contribution < 1.29 is 23.4 Å². The Bertz CT molecular complexity index is 788. The molecule has 0 aliphatic rings. The van der Waals surface area contributed by atoms with Crippen LogP contribution in [0.3, 0.4) is 0 Å². The maximum Gasteiger partial charge on any atom is 0.319 e. The molecule has 0 aliphatic carbocycles. The summed E-state index contributed by atoms with van der Waals surface area (Å²) in [6.07, 6.45) is 0.159. The first-order chi connectivity index (χ1) is 13.4. The van der Waals surface area contributed by atoms with Gasteiger partial charge in [0.25, 0.3) is 0 Å². The molecule has 2 aromatic rings. The average molecular weight is 432 g/mol. The summed E-state index contributed by atoms with van der Waals surface area (Å²) in [4.78, 5) is 21.9. The minimum absolute atomic E-state index is 0.0950. The minimum atomic E-state index is -0.679. The van der Waals surface area contributed by atoms with Crippen LogP contribution in [0.1, 0.15) is 12.5 Å². The zero-order valence-corrected chi connectivity index (χ0v) is 16.5. The number of amides is 2. The fraction of sp³-hybridized carbons (Fsp3) is 0.263. The molecule has 0 heterocycles. The lowest BCUT2D eigenvalue weighted by molar-refractivity contribution is -0.270. The minimum Gasteiger partial charge on any atom is -0.413 e. The van der Waals surface area contributed by atoms with Gasteiger partial charge in [0.1, 0.15) is 11.6 Å². The van der Waals surface area contributed by atoms with Gasteiger partial charge in [-0.05, 0) is 43.7 Å². The third kappa shape index (κ3) is 6.91. The third-order valence-electron chi connectivity index (χ3n) is 3.66. The number of anilines is 1. The molecule has 0 bridgehead atoms. The van der Waals surface area contributed by atoms with Crippen molar-refractivity contribution >= 4 is 34.9 Å². The molecular formula is C19H19Cl2F2N2O3-. The molecule has 5 nitrogen and oxygen atoms in total. The summed E-state index contributed by atoms with van der Waals surface area (Å²) in [5.41, 5.74) is 0.554. The van der Waals surface area contributed by atoms with Crippen molar-refractivity contribution in [3.05, 3.63) is 70.2 Å². The first-order valence-electron chi connectivity index (χ1n) is 8.45. The van der Waals surface area contributed by atoms with E-state index in [2.05, 4.69) is 10.6 Å². The monoisotopic (exact) mass is 431 g/mol. The van der Waals surface area contributed by atoms with Gasteiger partial charge in [-0.2, -0.15) is 6.61 Å². The highest BCUT2D eigenvalue weighted by atomic mass is 35.5. The molecule has 152 valence electrons. The molecule has 0 fully saturated rings. The number of rotatable bonds is 9. The number of carbonyl (C=O) groups excluding carboxylic acids is 1. The Morgan fingerprint density at radius 3 is 2.57 bits per heavy atom. The molecule has 0 saturated heterocycles. The van der Waals surface area contributed by atoms with Gasteiger partial charge in [-0.15, -0.1) is 5.92 Å². The summed E-state index contributed by atoms with van der Waals surface area (Å²) in [7, 11) is 0. The van der Waals surface area contributed by atoms with Gasteiger partial charge in [0.15, 0.2) is 0 Å². The quantitative estimate of drug-likeness (QED) is 0.242. The first kappa shape index (κ1) is 22.4. The van der Waals surface area contributed by atoms with Crippen molar-refractivity contribution in [3.63, 3.8) is 0 Å². The molecule has 0 aliphatic heterocycles. The largest absolute Gasteiger partial charge is 0.413 e. The van der Waals surface area contributed by atoms with Crippen LogP contribution in [-0.4, -0.2) is 19.2 Å². The fourth-order valence-corrected chi connectivity index (χ4v) is 2.81. The van der Waals surface area contributed by atoms with Crippen LogP contribution < -0.4 is 10.6 Å². The predicted octanol–water partition coefficient (Wildman–Crippen LogP) is 5.38. The summed E-state index contributed by atoms with van der Waals surface area (Å²) < 4.78 is 27.0. The summed E-state index contributed by atoms with van der Waals surface area (Å²) in [6.45, 7) is 3.49. The van der Waals surface area contributed by atoms with E-state index in [1.807, 2.05) is 0 Å². The molecule has 0 aromatic heterocycles. The Kier molecular flexibility index (Phi) is 8.92. The van der Waals surface area contributed by atoms with Crippen molar-refractivity contribution in [1.82, 2.24) is 5.32 Å². The lowest BCUT2D eigenvalue weighted by Crippen LogP contribution is -2.34. The topological polar surface area (TPSA) is 59.6 Å². The van der Waals surface area contributed by atoms with Gasteiger partial charge >= 0.3 is 6.03 Å². The number of carbonyl (C=O) groups is 1. The molecule has 0 spiro atoms. The summed E-state index contributed by atoms with van der Waals surface area (Å²) in [5.74, 6) is -1.79. The van der Waals surface area contributed by atoms with Gasteiger partial charge < -0.3 is 15.5 Å². The van der Waals surface area contributed by atoms with Gasteiger partial charge in [0, 0.05) is 6.07 Å². The zero-order valence-electron chi connectivity index (χ0n) is 15.0. The molecule has 2 aromatic carbocycles. The molecule has 28 heavy (non-hydrogen) atoms. The Morgan fingerprint density at radius 1 is 1.21 bits per heavy atom. The predicted molar refractivity (Wildman–Crippen MR) is 104 cm³/mol. The molecule has 2 N–H and O–H groups in total. The normalized spacial score (nSPS) is 11.9. The van der Waals surface area contributed by atoms with Crippen molar-refractivity contribution in [1.29, 1.82) is 0 Å². The van der Waals surface area contributed by atoms with Crippen molar-refractivity contribution in [2.75, 3.05) is 18.5 Å². The fourth-order valence-electron chi connectivity index (χ4n) is 2.32. The summed E-state index contributed by atoms with van der Waals surface area (Å²) in [5, 5.41) is 5.77. The number of nitrogens with one attached hydrogen (secondary N) is 2. The van der Waals surface area contributed by atoms with E-state index < -0.39 is 23.6 Å². The smallest absolute Gasteiger partial charge is 0.319 e. The number of hydrogen-bond acceptors (Lipinski definition) is 3. The maximum atomic E-state index is 13.9. The van der Waals surface area contributed by atoms with Gasteiger partial charge in [-0.3, -0.25) is 4.89 Å². The summed E-state index contributed by atoms with van der Waals surface area (Å²) in [6, 6.07) is 7.59. The zero-order chi connectivity index (χ0) is 20.5. The second kappa shape index (κ2) is 11.2. The van der Waals surface area contributed by atoms with E-state index in [9.17, 15) is 13.6 Å². The van der Waals surface area contributed by atoms with Crippen LogP contribution in [0, 0.1) is 24.2 Å². The Morgan fingerprint density at radius 2 is 1.93 bits per heavy atom. The number of halogens is 4. The van der Waals surface area contributed by atoms with Crippen LogP contribution >= 0.6 is 23.2 Å². The second-order valence-corrected chi connectivity index (χ2v) is 6.58. The van der Waals surface area contributed by atoms with Gasteiger partial charge in [0.05, 0.1) is 22.3 Å². The van der Waals surface area contributed by atoms with Crippen LogP contribution in [0.4, 0.5) is 19.3 Å². The van der Waals surface area contributed by atoms with Crippen molar-refractivity contribution in [2.45, 2.75) is 13.3 Å². The van der Waals surface area contributed by atoms with Crippen molar-refractivity contribution in [3.8, 4) is 0 Å². The molecule has 0 saturated carbocycles. The van der Waals surface area contributed by atoms with Gasteiger partial charge in [-0.25, -0.2) is 13.6 Å². The molecule has 1 atom stereocenters. The van der Waals surface area contributed by atoms with E-state index >= 15 is 0 Å². The number of para-hydroxylation sites is 1. The molecular weight excluding hydrogens is 413 g/mol. The highest BCUT2D eigenvalue weighted by Crippen LogP contribution is 2.29. The SMILES string of the molecule is CCOO[CH-]C(CNC(=O)Nc1c(Cl)cccc1Cl)Cc1ccc(F)cc1F. The van der Waals surface area contributed by atoms with Crippen LogP contribution in [-0.2, 0) is 16.2 Å². The average Bonchev–Trinajstić information content (AvgIpc) is 2.65. The highest BCUT2D eigenvalue weighted by molar-refractivity contribution is 6.39. The van der Waals surface area contributed by atoms with Gasteiger partial charge in [-0.1, -0.05) is 35.3 Å². The van der Waals surface area contributed by atoms with Crippen LogP contribution in [0.15, 0.2) is 36.4 Å². The van der Waals surface area contributed by atoms with E-state index in [-0.39, 0.29) is 24.2 Å². The van der Waals surface area contributed by atoms with E-state index in [0.29, 0.717) is 16.7 Å². The molecule has 2 rings (SSSR count). The Labute approximate surface area is 171 Å². The Hall–Kier alpha value is -1.93. The molecule has 1 unspecified atom stereocenters. The van der Waals surface area contributed by atoms with Crippen LogP contribution in [0.25, 0.3) is 0 Å². The van der Waals surface area contributed by atoms with Crippen LogP contribution in [0.2, 0.25) is 10.0 Å².